The third-order valence-corrected chi connectivity index (χ3v) is 4.56. The number of para-hydroxylation sites is 2. The molecule has 0 bridgehead atoms. The first kappa shape index (κ1) is 15.6. The Bertz CT molecular complexity index is 1000. The Kier molecular flexibility index (Phi) is 3.69. The SMILES string of the molecule is CC(C)(C)c1[nH]c2ccccc2[n+]1-c1ccc(-c2ccccc2)cc1. The van der Waals surface area contributed by atoms with E-state index in [9.17, 15) is 0 Å². The van der Waals surface area contributed by atoms with Crippen LogP contribution in [0, 0.1) is 0 Å². The molecule has 25 heavy (non-hydrogen) atoms. The van der Waals surface area contributed by atoms with Crippen molar-refractivity contribution in [3.63, 3.8) is 0 Å². The molecule has 0 unspecified atom stereocenters. The summed E-state index contributed by atoms with van der Waals surface area (Å²) in [6.45, 7) is 6.73. The van der Waals surface area contributed by atoms with E-state index in [0.717, 1.165) is 0 Å². The fraction of sp³-hybridized carbons (Fsp3) is 0.174. The maximum Gasteiger partial charge on any atom is 0.265 e. The Balaban J connectivity index is 1.87. The number of aromatic nitrogens is 2. The summed E-state index contributed by atoms with van der Waals surface area (Å²) in [5.74, 6) is 1.21. The normalized spacial score (nSPS) is 11.8. The zero-order valence-corrected chi connectivity index (χ0v) is 15.0. The molecule has 1 aromatic heterocycles. The monoisotopic (exact) mass is 327 g/mol. The second-order valence-electron chi connectivity index (χ2n) is 7.49. The van der Waals surface area contributed by atoms with Crippen molar-refractivity contribution < 1.29 is 4.57 Å². The molecule has 1 N–H and O–H groups in total. The van der Waals surface area contributed by atoms with Crippen LogP contribution < -0.4 is 4.57 Å². The van der Waals surface area contributed by atoms with E-state index < -0.39 is 0 Å². The molecule has 0 spiro atoms. The average Bonchev–Trinajstić information content (AvgIpc) is 3.03. The van der Waals surface area contributed by atoms with Crippen molar-refractivity contribution in [1.82, 2.24) is 4.98 Å². The minimum atomic E-state index is 0.0249. The van der Waals surface area contributed by atoms with Crippen molar-refractivity contribution in [3.8, 4) is 16.8 Å². The van der Waals surface area contributed by atoms with Gasteiger partial charge < -0.3 is 0 Å². The highest BCUT2D eigenvalue weighted by molar-refractivity contribution is 5.72. The van der Waals surface area contributed by atoms with Gasteiger partial charge in [-0.25, -0.2) is 4.98 Å². The fourth-order valence-electron chi connectivity index (χ4n) is 3.30. The van der Waals surface area contributed by atoms with Gasteiger partial charge in [-0.05, 0) is 56.2 Å². The van der Waals surface area contributed by atoms with Crippen LogP contribution in [0.5, 0.6) is 0 Å². The molecule has 2 nitrogen and oxygen atoms in total. The van der Waals surface area contributed by atoms with E-state index in [1.165, 1.54) is 33.7 Å². The van der Waals surface area contributed by atoms with Gasteiger partial charge in [0.2, 0.25) is 0 Å². The van der Waals surface area contributed by atoms with Crippen LogP contribution >= 0.6 is 0 Å². The Hall–Kier alpha value is -2.87. The predicted octanol–water partition coefficient (Wildman–Crippen LogP) is 5.41. The summed E-state index contributed by atoms with van der Waals surface area (Å²) in [6.07, 6.45) is 0. The number of hydrogen-bond acceptors (Lipinski definition) is 0. The molecule has 2 heteroatoms. The fourth-order valence-corrected chi connectivity index (χ4v) is 3.30. The second-order valence-corrected chi connectivity index (χ2v) is 7.49. The first-order chi connectivity index (χ1) is 12.0. The molecule has 0 aliphatic rings. The standard InChI is InChI=1S/C23H22N2/c1-23(2,3)22-24-20-11-7-8-12-21(20)25(22)19-15-13-18(14-16-19)17-9-5-4-6-10-17/h4-16H,1-3H3/p+1. The van der Waals surface area contributed by atoms with Crippen molar-refractivity contribution in [2.45, 2.75) is 26.2 Å². The Morgan fingerprint density at radius 1 is 0.680 bits per heavy atom. The summed E-state index contributed by atoms with van der Waals surface area (Å²) in [4.78, 5) is 3.61. The number of imidazole rings is 1. The van der Waals surface area contributed by atoms with Gasteiger partial charge in [0.15, 0.2) is 11.0 Å². The van der Waals surface area contributed by atoms with E-state index in [-0.39, 0.29) is 5.41 Å². The number of aromatic amines is 1. The Morgan fingerprint density at radius 2 is 1.28 bits per heavy atom. The minimum Gasteiger partial charge on any atom is -0.240 e. The van der Waals surface area contributed by atoms with Crippen molar-refractivity contribution >= 4 is 11.0 Å². The summed E-state index contributed by atoms with van der Waals surface area (Å²) in [5, 5.41) is 0. The molecule has 4 rings (SSSR count). The molecule has 0 amide bonds. The molecule has 0 aliphatic heterocycles. The van der Waals surface area contributed by atoms with E-state index in [4.69, 9.17) is 0 Å². The second kappa shape index (κ2) is 5.89. The van der Waals surface area contributed by atoms with E-state index >= 15 is 0 Å². The lowest BCUT2D eigenvalue weighted by molar-refractivity contribution is -0.580. The molecular weight excluding hydrogens is 304 g/mol. The molecule has 0 radical (unpaired) electrons. The number of rotatable bonds is 2. The number of fused-ring (bicyclic) bond motifs is 1. The summed E-state index contributed by atoms with van der Waals surface area (Å²) in [7, 11) is 0. The summed E-state index contributed by atoms with van der Waals surface area (Å²) >= 11 is 0. The van der Waals surface area contributed by atoms with Crippen molar-refractivity contribution in [2.75, 3.05) is 0 Å². The van der Waals surface area contributed by atoms with Crippen LogP contribution in [0.3, 0.4) is 0 Å². The molecule has 0 saturated heterocycles. The maximum absolute atomic E-state index is 3.61. The molecule has 3 aromatic carbocycles. The van der Waals surface area contributed by atoms with Crippen LogP contribution in [0.2, 0.25) is 0 Å². The number of nitrogens with one attached hydrogen (secondary N) is 1. The molecule has 0 saturated carbocycles. The Morgan fingerprint density at radius 3 is 1.96 bits per heavy atom. The smallest absolute Gasteiger partial charge is 0.240 e. The van der Waals surface area contributed by atoms with Crippen LogP contribution in [-0.4, -0.2) is 4.98 Å². The lowest BCUT2D eigenvalue weighted by atomic mass is 9.95. The topological polar surface area (TPSA) is 19.7 Å². The first-order valence-electron chi connectivity index (χ1n) is 8.73. The highest BCUT2D eigenvalue weighted by atomic mass is 15.1. The lowest BCUT2D eigenvalue weighted by Crippen LogP contribution is -2.39. The van der Waals surface area contributed by atoms with E-state index in [1.807, 2.05) is 0 Å². The predicted molar refractivity (Wildman–Crippen MR) is 104 cm³/mol. The van der Waals surface area contributed by atoms with Gasteiger partial charge in [0, 0.05) is 0 Å². The maximum atomic E-state index is 3.61. The van der Waals surface area contributed by atoms with Crippen LogP contribution in [0.1, 0.15) is 26.6 Å². The van der Waals surface area contributed by atoms with Gasteiger partial charge in [0.25, 0.3) is 5.82 Å². The third-order valence-electron chi connectivity index (χ3n) is 4.56. The number of H-pyrrole nitrogens is 1. The summed E-state index contributed by atoms with van der Waals surface area (Å²) in [5.41, 5.74) is 6.06. The van der Waals surface area contributed by atoms with Gasteiger partial charge in [-0.15, -0.1) is 0 Å². The van der Waals surface area contributed by atoms with Crippen LogP contribution in [0.4, 0.5) is 0 Å². The van der Waals surface area contributed by atoms with E-state index in [0.29, 0.717) is 0 Å². The highest BCUT2D eigenvalue weighted by Crippen LogP contribution is 2.24. The average molecular weight is 327 g/mol. The summed E-state index contributed by atoms with van der Waals surface area (Å²) < 4.78 is 2.34. The van der Waals surface area contributed by atoms with Gasteiger partial charge in [0.05, 0.1) is 5.41 Å². The molecule has 0 atom stereocenters. The van der Waals surface area contributed by atoms with E-state index in [1.54, 1.807) is 0 Å². The third kappa shape index (κ3) is 2.85. The number of nitrogens with zero attached hydrogens (tertiary/aromatic N) is 1. The minimum absolute atomic E-state index is 0.0249. The number of benzene rings is 3. The van der Waals surface area contributed by atoms with Crippen molar-refractivity contribution in [3.05, 3.63) is 84.7 Å². The highest BCUT2D eigenvalue weighted by Gasteiger charge is 2.30. The van der Waals surface area contributed by atoms with Gasteiger partial charge in [-0.1, -0.05) is 54.6 Å². The van der Waals surface area contributed by atoms with Gasteiger partial charge in [-0.3, -0.25) is 0 Å². The first-order valence-corrected chi connectivity index (χ1v) is 8.73. The molecule has 0 aliphatic carbocycles. The molecule has 1 heterocycles. The molecule has 124 valence electrons. The van der Waals surface area contributed by atoms with Gasteiger partial charge >= 0.3 is 0 Å². The van der Waals surface area contributed by atoms with Crippen LogP contribution in [0.15, 0.2) is 78.9 Å². The molecule has 0 fully saturated rings. The van der Waals surface area contributed by atoms with Crippen LogP contribution in [-0.2, 0) is 5.41 Å². The zero-order valence-electron chi connectivity index (χ0n) is 15.0. The van der Waals surface area contributed by atoms with Gasteiger partial charge in [0.1, 0.15) is 5.69 Å². The molecular formula is C23H23N2+. The Labute approximate surface area is 148 Å². The van der Waals surface area contributed by atoms with Crippen molar-refractivity contribution in [2.24, 2.45) is 0 Å². The largest absolute Gasteiger partial charge is 0.265 e. The van der Waals surface area contributed by atoms with E-state index in [2.05, 4.69) is 109 Å². The summed E-state index contributed by atoms with van der Waals surface area (Å²) in [6, 6.07) is 27.8. The quantitative estimate of drug-likeness (QED) is 0.475. The van der Waals surface area contributed by atoms with Crippen LogP contribution in [0.25, 0.3) is 27.8 Å². The van der Waals surface area contributed by atoms with Gasteiger partial charge in [-0.2, -0.15) is 4.57 Å². The lowest BCUT2D eigenvalue weighted by Gasteiger charge is -2.14. The molecule has 4 aromatic rings. The zero-order chi connectivity index (χ0) is 17.4. The van der Waals surface area contributed by atoms with Crippen molar-refractivity contribution in [1.29, 1.82) is 0 Å². The number of hydrogen-bond donors (Lipinski definition) is 1.